The Hall–Kier alpha value is -3.68. The van der Waals surface area contributed by atoms with E-state index in [1.165, 1.54) is 13.0 Å². The molecule has 0 amide bonds. The SMILES string of the molecule is CNC[C@H](O)[C@@H](O)[C@H](O)[C@H](O)CO.C[C@@H]1[C@H](O)[C@@H](C)\C=C/C=C/C=C/C=C/C=C/C=C/C=C/[C@H](O[C@@H]2O[C@H](C)[C@@H](O)[C@H](N)[C@@H]2O)C[C@@H]2O[C@](O)(C[C@@H](O)C[C@@H](O)[C@H](O)CC[C@@H](O)C[C@@H](O)CC(=O)O[C@H]1C)C[C@H](O)[C@H]2C(=O)O. The van der Waals surface area contributed by atoms with Gasteiger partial charge >= 0.3 is 11.9 Å². The Balaban J connectivity index is 0.00000141. The third kappa shape index (κ3) is 24.6. The lowest BCUT2D eigenvalue weighted by Gasteiger charge is -2.45. The third-order valence-corrected chi connectivity index (χ3v) is 13.8. The van der Waals surface area contributed by atoms with Crippen LogP contribution in [0.5, 0.6) is 0 Å². The van der Waals surface area contributed by atoms with Gasteiger partial charge in [0.1, 0.15) is 36.4 Å². The summed E-state index contributed by atoms with van der Waals surface area (Å²) in [5.41, 5.74) is 6.02. The van der Waals surface area contributed by atoms with Gasteiger partial charge in [0.15, 0.2) is 12.1 Å². The number of carboxylic acid groups (broad SMARTS) is 1. The molecular formula is C54H90N2O22. The van der Waals surface area contributed by atoms with E-state index in [2.05, 4.69) is 5.32 Å². The molecule has 23 atom stereocenters. The molecule has 24 heteroatoms. The topological polar surface area (TPSA) is 433 Å². The van der Waals surface area contributed by atoms with Gasteiger partial charge in [-0.1, -0.05) is 98.9 Å². The second-order valence-corrected chi connectivity index (χ2v) is 20.4. The van der Waals surface area contributed by atoms with E-state index >= 15 is 0 Å². The molecule has 448 valence electrons. The number of carbonyl (C=O) groups is 2. The van der Waals surface area contributed by atoms with Crippen molar-refractivity contribution in [2.24, 2.45) is 23.5 Å². The van der Waals surface area contributed by atoms with E-state index in [-0.39, 0.29) is 38.1 Å². The highest BCUT2D eigenvalue weighted by atomic mass is 16.7. The normalized spacial score (nSPS) is 41.4. The number of hydrogen-bond donors (Lipinski definition) is 18. The number of allylic oxidation sites excluding steroid dienone is 12. The van der Waals surface area contributed by atoms with E-state index in [0.717, 1.165) is 0 Å². The number of carbonyl (C=O) groups excluding carboxylic acids is 1. The summed E-state index contributed by atoms with van der Waals surface area (Å²) in [6, 6.07) is -1.15. The van der Waals surface area contributed by atoms with Crippen LogP contribution in [0.4, 0.5) is 0 Å². The minimum Gasteiger partial charge on any atom is -0.481 e. The molecule has 3 aliphatic rings. The molecule has 3 rings (SSSR count). The monoisotopic (exact) mass is 1120 g/mol. The van der Waals surface area contributed by atoms with E-state index in [1.807, 2.05) is 19.1 Å². The summed E-state index contributed by atoms with van der Waals surface area (Å²) in [5.74, 6) is -6.83. The van der Waals surface area contributed by atoms with Crippen molar-refractivity contribution in [1.29, 1.82) is 0 Å². The first-order valence-corrected chi connectivity index (χ1v) is 26.3. The van der Waals surface area contributed by atoms with Crippen molar-refractivity contribution in [3.63, 3.8) is 0 Å². The first-order chi connectivity index (χ1) is 36.7. The first kappa shape index (κ1) is 70.4. The second-order valence-electron chi connectivity index (χ2n) is 20.4. The van der Waals surface area contributed by atoms with Gasteiger partial charge in [-0.05, 0) is 40.2 Å². The Morgan fingerprint density at radius 1 is 0.692 bits per heavy atom. The molecule has 2 bridgehead atoms. The van der Waals surface area contributed by atoms with Gasteiger partial charge in [0, 0.05) is 44.1 Å². The molecule has 19 N–H and O–H groups in total. The molecule has 78 heavy (non-hydrogen) atoms. The maximum Gasteiger partial charge on any atom is 0.311 e. The predicted molar refractivity (Wildman–Crippen MR) is 282 cm³/mol. The van der Waals surface area contributed by atoms with Crippen LogP contribution in [0.3, 0.4) is 0 Å². The Labute approximate surface area is 456 Å². The van der Waals surface area contributed by atoms with Gasteiger partial charge in [-0.3, -0.25) is 9.59 Å². The summed E-state index contributed by atoms with van der Waals surface area (Å²) in [4.78, 5) is 25.1. The van der Waals surface area contributed by atoms with Crippen molar-refractivity contribution < 1.29 is 110 Å². The van der Waals surface area contributed by atoms with Crippen LogP contribution >= 0.6 is 0 Å². The van der Waals surface area contributed by atoms with Crippen molar-refractivity contribution in [1.82, 2.24) is 5.32 Å². The van der Waals surface area contributed by atoms with Crippen molar-refractivity contribution in [3.8, 4) is 0 Å². The van der Waals surface area contributed by atoms with Gasteiger partial charge in [-0.25, -0.2) is 0 Å². The highest BCUT2D eigenvalue weighted by molar-refractivity contribution is 5.71. The average Bonchev–Trinajstić information content (AvgIpc) is 3.36. The van der Waals surface area contributed by atoms with Crippen molar-refractivity contribution >= 4 is 11.9 Å². The van der Waals surface area contributed by atoms with Gasteiger partial charge in [0.05, 0.1) is 92.3 Å². The van der Waals surface area contributed by atoms with E-state index in [4.69, 9.17) is 45.1 Å². The summed E-state index contributed by atoms with van der Waals surface area (Å²) in [5, 5.41) is 166. The van der Waals surface area contributed by atoms with Crippen molar-refractivity contribution in [3.05, 3.63) is 85.1 Å². The molecule has 3 aliphatic heterocycles. The zero-order valence-corrected chi connectivity index (χ0v) is 45.0. The molecule has 0 aromatic carbocycles. The van der Waals surface area contributed by atoms with Crippen LogP contribution in [0.25, 0.3) is 0 Å². The molecule has 0 aromatic rings. The van der Waals surface area contributed by atoms with Gasteiger partial charge in [-0.2, -0.15) is 0 Å². The Morgan fingerprint density at radius 2 is 1.24 bits per heavy atom. The van der Waals surface area contributed by atoms with Crippen LogP contribution in [-0.2, 0) is 28.5 Å². The fourth-order valence-corrected chi connectivity index (χ4v) is 8.86. The Morgan fingerprint density at radius 3 is 1.79 bits per heavy atom. The molecule has 0 unspecified atom stereocenters. The first-order valence-electron chi connectivity index (χ1n) is 26.3. The molecule has 0 aromatic heterocycles. The maximum absolute atomic E-state index is 12.6. The van der Waals surface area contributed by atoms with Crippen LogP contribution in [0.1, 0.15) is 79.1 Å². The highest BCUT2D eigenvalue weighted by Crippen LogP contribution is 2.38. The van der Waals surface area contributed by atoms with Crippen LogP contribution in [0.2, 0.25) is 0 Å². The Bertz CT molecular complexity index is 1940. The number of nitrogens with one attached hydrogen (secondary N) is 1. The number of carboxylic acids is 1. The number of esters is 1. The number of aliphatic hydroxyl groups is 15. The maximum atomic E-state index is 12.6. The lowest BCUT2D eigenvalue weighted by molar-refractivity contribution is -0.308. The number of hydrogen-bond acceptors (Lipinski definition) is 23. The van der Waals surface area contributed by atoms with Crippen molar-refractivity contribution in [2.75, 3.05) is 20.2 Å². The molecule has 2 fully saturated rings. The van der Waals surface area contributed by atoms with E-state index < -0.39 is 178 Å². The van der Waals surface area contributed by atoms with Gasteiger partial charge < -0.3 is 112 Å². The predicted octanol–water partition coefficient (Wildman–Crippen LogP) is -2.65. The average molecular weight is 1120 g/mol. The summed E-state index contributed by atoms with van der Waals surface area (Å²) in [6.07, 6.45) is -2.19. The number of aliphatic carboxylic acids is 1. The third-order valence-electron chi connectivity index (χ3n) is 13.8. The highest BCUT2D eigenvalue weighted by Gasteiger charge is 2.51. The number of aliphatic hydroxyl groups excluding tert-OH is 14. The van der Waals surface area contributed by atoms with E-state index in [9.17, 15) is 70.9 Å². The lowest BCUT2D eigenvalue weighted by Crippen LogP contribution is -2.61. The number of rotatable bonds is 9. The molecule has 2 saturated heterocycles. The van der Waals surface area contributed by atoms with Gasteiger partial charge in [-0.15, -0.1) is 0 Å². The van der Waals surface area contributed by atoms with Crippen LogP contribution in [0, 0.1) is 17.8 Å². The lowest BCUT2D eigenvalue weighted by atomic mass is 9.82. The van der Waals surface area contributed by atoms with Gasteiger partial charge in [0.25, 0.3) is 0 Å². The largest absolute Gasteiger partial charge is 0.481 e. The standard InChI is InChI=1S/C47H73NO17.C7H17NO5/c1-27-17-15-13-11-9-7-5-6-8-10-12-14-16-18-34(64-46-44(58)41(48)43(57)30(4)63-46)24-38-40(45(59)60)37(54)26-47(61,65-38)25-33(51)22-36(53)35(52)20-19-31(49)21-32(50)23-39(55)62-29(3)28(2)42(27)56;1-8-2-4(10)6(12)7(13)5(11)3-9/h5-18,27-38,40-44,46,49-54,56-58,61H,19-26,48H2,1-4H3,(H,59,60);4-13H,2-3H2,1H3/b6-5+,9-7+,10-8+,13-11+,14-12+,17-15-,18-16+;/t27-,28-,29-,30+,31+,32+,33-,34-,35+,36+,37-,38-,40+,41-,42+,43+,44-,46-,47+;4-,5+,6+,7+/m00/s1. The fraction of sp³-hybridized carbons (Fsp3) is 0.704. The Kier molecular flexibility index (Phi) is 32.4. The van der Waals surface area contributed by atoms with Crippen LogP contribution in [0.15, 0.2) is 85.1 Å². The molecule has 0 radical (unpaired) electrons. The fourth-order valence-electron chi connectivity index (χ4n) is 8.86. The number of likely N-dealkylation sites (N-methyl/N-ethyl adjacent to an activating group) is 1. The smallest absolute Gasteiger partial charge is 0.311 e. The van der Waals surface area contributed by atoms with Crippen molar-refractivity contribution in [2.45, 2.75) is 201 Å². The molecular weight excluding hydrogens is 1030 g/mol. The summed E-state index contributed by atoms with van der Waals surface area (Å²) in [6.45, 7) is 6.17. The van der Waals surface area contributed by atoms with Crippen LogP contribution in [-0.4, -0.2) is 236 Å². The van der Waals surface area contributed by atoms with E-state index in [1.54, 1.807) is 87.7 Å². The summed E-state index contributed by atoms with van der Waals surface area (Å²) < 4.78 is 23.1. The minimum atomic E-state index is -2.33. The quantitative estimate of drug-likeness (QED) is 0.105. The van der Waals surface area contributed by atoms with Crippen LogP contribution < -0.4 is 11.1 Å². The summed E-state index contributed by atoms with van der Waals surface area (Å²) >= 11 is 0. The zero-order chi connectivity index (χ0) is 58.9. The van der Waals surface area contributed by atoms with E-state index in [0.29, 0.717) is 0 Å². The zero-order valence-electron chi connectivity index (χ0n) is 45.0. The molecule has 3 heterocycles. The number of cyclic esters (lactones) is 1. The number of nitrogens with two attached hydrogens (primary N) is 1. The molecule has 0 spiro atoms. The molecule has 0 aliphatic carbocycles. The minimum absolute atomic E-state index is 0.0936. The molecule has 0 saturated carbocycles. The number of fused-ring (bicyclic) bond motifs is 2. The number of ether oxygens (including phenoxy) is 4. The summed E-state index contributed by atoms with van der Waals surface area (Å²) in [7, 11) is 1.57. The van der Waals surface area contributed by atoms with Gasteiger partial charge in [0.2, 0.25) is 0 Å². The molecule has 24 nitrogen and oxygen atoms in total. The second kappa shape index (κ2) is 35.9.